The lowest BCUT2D eigenvalue weighted by Crippen LogP contribution is -2.50. The summed E-state index contributed by atoms with van der Waals surface area (Å²) in [6.07, 6.45) is -6.80. The van der Waals surface area contributed by atoms with Crippen molar-refractivity contribution in [2.75, 3.05) is 13.7 Å². The average Bonchev–Trinajstić information content (AvgIpc) is 3.24. The van der Waals surface area contributed by atoms with E-state index >= 15 is 0 Å². The third kappa shape index (κ3) is 6.96. The second-order valence-electron chi connectivity index (χ2n) is 7.51. The van der Waals surface area contributed by atoms with Crippen LogP contribution in [0.4, 0.5) is 35.5 Å². The number of methoxy groups -OCH3 is 1. The van der Waals surface area contributed by atoms with Crippen molar-refractivity contribution in [3.8, 4) is 16.9 Å². The van der Waals surface area contributed by atoms with E-state index in [-0.39, 0.29) is 18.6 Å². The van der Waals surface area contributed by atoms with E-state index in [1.165, 1.54) is 35.3 Å². The number of carbonyl (C=O) groups excluding carboxylic acids is 1. The first-order valence-electron chi connectivity index (χ1n) is 10.2. The lowest BCUT2D eigenvalue weighted by molar-refractivity contribution is -0.170. The van der Waals surface area contributed by atoms with Crippen molar-refractivity contribution in [2.24, 2.45) is 0 Å². The molecule has 0 bridgehead atoms. The maximum absolute atomic E-state index is 14.4. The van der Waals surface area contributed by atoms with Crippen LogP contribution in [0, 0.1) is 5.82 Å². The van der Waals surface area contributed by atoms with Gasteiger partial charge in [-0.1, -0.05) is 0 Å². The molecular weight excluding hydrogens is 487 g/mol. The molecule has 0 saturated carbocycles. The van der Waals surface area contributed by atoms with Crippen LogP contribution in [0.15, 0.2) is 36.9 Å². The van der Waals surface area contributed by atoms with Gasteiger partial charge < -0.3 is 19.8 Å². The zero-order valence-electron chi connectivity index (χ0n) is 18.2. The van der Waals surface area contributed by atoms with E-state index in [0.717, 1.165) is 0 Å². The highest BCUT2D eigenvalue weighted by molar-refractivity contribution is 5.74. The van der Waals surface area contributed by atoms with E-state index in [2.05, 4.69) is 15.3 Å². The van der Waals surface area contributed by atoms with E-state index in [4.69, 9.17) is 4.74 Å². The van der Waals surface area contributed by atoms with Crippen molar-refractivity contribution in [2.45, 2.75) is 37.7 Å². The number of fused-ring (bicyclic) bond motifs is 1. The number of hydrogen-bond donors (Lipinski definition) is 2. The molecule has 14 heteroatoms. The van der Waals surface area contributed by atoms with Gasteiger partial charge in [0.25, 0.3) is 0 Å². The van der Waals surface area contributed by atoms with Gasteiger partial charge in [-0.05, 0) is 18.6 Å². The number of nitrogens with one attached hydrogen (secondary N) is 2. The van der Waals surface area contributed by atoms with Crippen molar-refractivity contribution in [3.05, 3.63) is 48.4 Å². The van der Waals surface area contributed by atoms with Gasteiger partial charge in [0.05, 0.1) is 13.3 Å². The van der Waals surface area contributed by atoms with Crippen LogP contribution in [0.25, 0.3) is 16.8 Å². The normalized spacial score (nSPS) is 13.0. The predicted octanol–water partition coefficient (Wildman–Crippen LogP) is 4.66. The van der Waals surface area contributed by atoms with Gasteiger partial charge >= 0.3 is 18.4 Å². The molecule has 7 nitrogen and oxygen atoms in total. The van der Waals surface area contributed by atoms with Gasteiger partial charge in [0, 0.05) is 54.8 Å². The summed E-state index contributed by atoms with van der Waals surface area (Å²) in [5.74, 6) is -0.244. The molecule has 0 radical (unpaired) electrons. The first kappa shape index (κ1) is 26.0. The van der Waals surface area contributed by atoms with Gasteiger partial charge in [0.15, 0.2) is 11.5 Å². The Labute approximate surface area is 194 Å². The quantitative estimate of drug-likeness (QED) is 0.435. The number of hydrogen-bond acceptors (Lipinski definition) is 4. The number of urea groups is 1. The summed E-state index contributed by atoms with van der Waals surface area (Å²) in [7, 11) is 1.40. The molecule has 190 valence electrons. The molecule has 0 aliphatic heterocycles. The number of aromatic nitrogens is 3. The van der Waals surface area contributed by atoms with Crippen molar-refractivity contribution >= 4 is 11.7 Å². The van der Waals surface area contributed by atoms with E-state index < -0.39 is 43.1 Å². The molecule has 1 atom stereocenters. The Morgan fingerprint density at radius 3 is 2.57 bits per heavy atom. The number of pyridine rings is 2. The maximum atomic E-state index is 14.4. The third-order valence-corrected chi connectivity index (χ3v) is 4.98. The number of carbonyl (C=O) groups is 1. The molecule has 3 heterocycles. The number of amides is 2. The van der Waals surface area contributed by atoms with Crippen LogP contribution >= 0.6 is 0 Å². The summed E-state index contributed by atoms with van der Waals surface area (Å²) in [4.78, 5) is 19.9. The minimum atomic E-state index is -5.04. The Balaban J connectivity index is 1.66. The van der Waals surface area contributed by atoms with Crippen LogP contribution in [-0.4, -0.2) is 52.4 Å². The average molecular weight is 507 g/mol. The standard InChI is InChI=1S/C21H20F7N5O2/c1-35-16-10-31-13(9-14(16)12-8-15(22)18-29-6-7-33(18)11-12)3-5-30-19(34)32-17(21(26,27)28)2-4-20(23,24)25/h6-11,17H,2-5H2,1H3,(H2,30,32,34)/t17-/m0/s1. The van der Waals surface area contributed by atoms with Gasteiger partial charge in [-0.15, -0.1) is 0 Å². The lowest BCUT2D eigenvalue weighted by atomic mass is 10.1. The molecule has 0 aliphatic carbocycles. The van der Waals surface area contributed by atoms with E-state index in [1.54, 1.807) is 18.5 Å². The van der Waals surface area contributed by atoms with Gasteiger partial charge in [-0.3, -0.25) is 4.98 Å². The molecule has 0 fully saturated rings. The van der Waals surface area contributed by atoms with Crippen molar-refractivity contribution in [1.29, 1.82) is 0 Å². The van der Waals surface area contributed by atoms with Crippen LogP contribution < -0.4 is 15.4 Å². The van der Waals surface area contributed by atoms with Gasteiger partial charge in [0.2, 0.25) is 0 Å². The smallest absolute Gasteiger partial charge is 0.408 e. The summed E-state index contributed by atoms with van der Waals surface area (Å²) in [5.41, 5.74) is 1.44. The van der Waals surface area contributed by atoms with Gasteiger partial charge in [-0.2, -0.15) is 26.3 Å². The zero-order valence-corrected chi connectivity index (χ0v) is 18.2. The predicted molar refractivity (Wildman–Crippen MR) is 110 cm³/mol. The van der Waals surface area contributed by atoms with E-state index in [1.807, 2.05) is 0 Å². The first-order chi connectivity index (χ1) is 16.4. The third-order valence-electron chi connectivity index (χ3n) is 4.98. The number of nitrogens with zero attached hydrogens (tertiary/aromatic N) is 3. The molecule has 0 spiro atoms. The minimum absolute atomic E-state index is 0.0689. The summed E-state index contributed by atoms with van der Waals surface area (Å²) in [6, 6.07) is -1.09. The number of ether oxygens (including phenoxy) is 1. The van der Waals surface area contributed by atoms with E-state index in [0.29, 0.717) is 22.6 Å². The highest BCUT2D eigenvalue weighted by atomic mass is 19.4. The summed E-state index contributed by atoms with van der Waals surface area (Å²) < 4.78 is 96.9. The molecule has 3 aromatic heterocycles. The van der Waals surface area contributed by atoms with Crippen LogP contribution in [-0.2, 0) is 6.42 Å². The Bertz CT molecular complexity index is 1180. The molecule has 0 aliphatic rings. The van der Waals surface area contributed by atoms with Crippen molar-refractivity contribution < 1.29 is 40.3 Å². The Hall–Kier alpha value is -3.58. The monoisotopic (exact) mass is 507 g/mol. The maximum Gasteiger partial charge on any atom is 0.408 e. The number of imidazole rings is 1. The fourth-order valence-electron chi connectivity index (χ4n) is 3.29. The molecule has 2 N–H and O–H groups in total. The van der Waals surface area contributed by atoms with Gasteiger partial charge in [-0.25, -0.2) is 14.2 Å². The largest absolute Gasteiger partial charge is 0.494 e. The van der Waals surface area contributed by atoms with Crippen LogP contribution in [0.1, 0.15) is 18.5 Å². The van der Waals surface area contributed by atoms with E-state index in [9.17, 15) is 35.5 Å². The Kier molecular flexibility index (Phi) is 7.70. The lowest BCUT2D eigenvalue weighted by Gasteiger charge is -2.22. The molecule has 3 rings (SSSR count). The second kappa shape index (κ2) is 10.4. The van der Waals surface area contributed by atoms with Gasteiger partial charge in [0.1, 0.15) is 11.8 Å². The molecule has 0 unspecified atom stereocenters. The highest BCUT2D eigenvalue weighted by Gasteiger charge is 2.42. The molecule has 2 amide bonds. The van der Waals surface area contributed by atoms with Crippen molar-refractivity contribution in [1.82, 2.24) is 25.0 Å². The van der Waals surface area contributed by atoms with Crippen molar-refractivity contribution in [3.63, 3.8) is 0 Å². The number of halogens is 7. The minimum Gasteiger partial charge on any atom is -0.494 e. The highest BCUT2D eigenvalue weighted by Crippen LogP contribution is 2.31. The first-order valence-corrected chi connectivity index (χ1v) is 10.2. The SMILES string of the molecule is COc1cnc(CCNC(=O)N[C@@H](CCC(F)(F)F)C(F)(F)F)cc1-c1cc(F)c2nccn2c1. The Morgan fingerprint density at radius 1 is 1.17 bits per heavy atom. The fraction of sp³-hybridized carbons (Fsp3) is 0.381. The summed E-state index contributed by atoms with van der Waals surface area (Å²) in [6.45, 7) is -0.163. The van der Waals surface area contributed by atoms with Crippen LogP contribution in [0.2, 0.25) is 0 Å². The second-order valence-corrected chi connectivity index (χ2v) is 7.51. The topological polar surface area (TPSA) is 80.5 Å². The summed E-state index contributed by atoms with van der Waals surface area (Å²) >= 11 is 0. The molecular formula is C21H20F7N5O2. The van der Waals surface area contributed by atoms with Crippen LogP contribution in [0.5, 0.6) is 5.75 Å². The Morgan fingerprint density at radius 2 is 1.91 bits per heavy atom. The number of rotatable bonds is 8. The molecule has 35 heavy (non-hydrogen) atoms. The number of alkyl halides is 6. The summed E-state index contributed by atoms with van der Waals surface area (Å²) in [5, 5.41) is 3.70. The molecule has 0 aromatic carbocycles. The fourth-order valence-corrected chi connectivity index (χ4v) is 3.29. The molecule has 3 aromatic rings. The van der Waals surface area contributed by atoms with Crippen LogP contribution in [0.3, 0.4) is 0 Å². The molecule has 0 saturated heterocycles. The zero-order chi connectivity index (χ0) is 25.8.